The van der Waals surface area contributed by atoms with Crippen LogP contribution in [0.2, 0.25) is 0 Å². The van der Waals surface area contributed by atoms with Crippen molar-refractivity contribution < 1.29 is 11.3 Å². The fraction of sp³-hybridized carbons (Fsp3) is 0.462. The van der Waals surface area contributed by atoms with Crippen LogP contribution in [-0.2, 0) is 6.54 Å². The van der Waals surface area contributed by atoms with E-state index in [1.807, 2.05) is 0 Å². The quantitative estimate of drug-likeness (QED) is 0.853. The summed E-state index contributed by atoms with van der Waals surface area (Å²) < 4.78 is 7.68. The molecular weight excluding hydrogens is 216 g/mol. The number of hydrogen-bond donors (Lipinski definition) is 1. The van der Waals surface area contributed by atoms with Gasteiger partial charge >= 0.3 is 5.97 Å². The van der Waals surface area contributed by atoms with Crippen LogP contribution in [0.15, 0.2) is 24.2 Å². The second-order valence-corrected chi connectivity index (χ2v) is 4.50. The normalized spacial score (nSPS) is 19.0. The van der Waals surface area contributed by atoms with Crippen LogP contribution in [0.25, 0.3) is 0 Å². The number of nitrogens with zero attached hydrogens (tertiary/aromatic N) is 2. The number of carboxylic acids is 1. The van der Waals surface area contributed by atoms with E-state index in [1.165, 1.54) is 6.07 Å². The van der Waals surface area contributed by atoms with Crippen LogP contribution in [0.3, 0.4) is 0 Å². The van der Waals surface area contributed by atoms with Gasteiger partial charge in [-0.2, -0.15) is 0 Å². The molecule has 1 aliphatic heterocycles. The predicted octanol–water partition coefficient (Wildman–Crippen LogP) is 1.13. The average molecular weight is 235 g/mol. The summed E-state index contributed by atoms with van der Waals surface area (Å²) in [5.74, 6) is -1.04. The van der Waals surface area contributed by atoms with E-state index in [0.29, 0.717) is 0 Å². The predicted molar refractivity (Wildman–Crippen MR) is 66.2 cm³/mol. The highest BCUT2D eigenvalue weighted by Crippen LogP contribution is 2.09. The van der Waals surface area contributed by atoms with Crippen LogP contribution in [-0.4, -0.2) is 54.1 Å². The minimum atomic E-state index is -1.04. The third kappa shape index (κ3) is 3.28. The topological polar surface area (TPSA) is 43.8 Å². The lowest BCUT2D eigenvalue weighted by molar-refractivity contribution is 0.0697. The van der Waals surface area contributed by atoms with Gasteiger partial charge in [-0.15, -0.1) is 0 Å². The Morgan fingerprint density at radius 3 is 2.65 bits per heavy atom. The summed E-state index contributed by atoms with van der Waals surface area (Å²) in [6, 6.07) is 5.08. The van der Waals surface area contributed by atoms with Gasteiger partial charge in [0.05, 0.1) is 6.93 Å². The molecule has 1 saturated heterocycles. The molecule has 2 rings (SSSR count). The fourth-order valence-corrected chi connectivity index (χ4v) is 1.95. The third-order valence-electron chi connectivity index (χ3n) is 3.11. The van der Waals surface area contributed by atoms with Gasteiger partial charge in [0.25, 0.3) is 0 Å². The molecule has 0 aliphatic carbocycles. The highest BCUT2D eigenvalue weighted by atomic mass is 16.4. The van der Waals surface area contributed by atoms with E-state index in [-0.39, 0.29) is 11.6 Å². The average Bonchev–Trinajstić information content (AvgIpc) is 2.32. The van der Waals surface area contributed by atoms with Crippen molar-refractivity contribution in [3.05, 3.63) is 35.4 Å². The van der Waals surface area contributed by atoms with Gasteiger partial charge in [-0.25, -0.2) is 4.79 Å². The first-order valence-electron chi connectivity index (χ1n) is 6.30. The zero-order valence-electron chi connectivity index (χ0n) is 11.0. The van der Waals surface area contributed by atoms with Crippen LogP contribution in [0.4, 0.5) is 0 Å². The maximum Gasteiger partial charge on any atom is 0.335 e. The largest absolute Gasteiger partial charge is 0.478 e. The lowest BCUT2D eigenvalue weighted by Gasteiger charge is -2.32. The molecule has 0 radical (unpaired) electrons. The molecular formula is C13H18N2O2. The van der Waals surface area contributed by atoms with Crippen LogP contribution >= 0.6 is 0 Å². The second kappa shape index (κ2) is 5.29. The summed E-state index contributed by atoms with van der Waals surface area (Å²) in [5, 5.41) is 8.87. The van der Waals surface area contributed by atoms with E-state index in [0.717, 1.165) is 38.3 Å². The van der Waals surface area contributed by atoms with Gasteiger partial charge in [-0.1, -0.05) is 12.1 Å². The van der Waals surface area contributed by atoms with Gasteiger partial charge in [0.2, 0.25) is 0 Å². The summed E-state index contributed by atoms with van der Waals surface area (Å²) in [6.45, 7) is 4.94. The van der Waals surface area contributed by atoms with Crippen LogP contribution in [0, 0.1) is 0 Å². The number of benzene rings is 1. The Balaban J connectivity index is 2.02. The number of carboxylic acid groups (broad SMARTS) is 1. The second-order valence-electron chi connectivity index (χ2n) is 4.50. The van der Waals surface area contributed by atoms with Crippen molar-refractivity contribution >= 4 is 5.97 Å². The van der Waals surface area contributed by atoms with E-state index < -0.39 is 5.97 Å². The molecule has 17 heavy (non-hydrogen) atoms. The molecule has 0 atom stereocenters. The molecule has 92 valence electrons. The van der Waals surface area contributed by atoms with Crippen molar-refractivity contribution in [3.8, 4) is 0 Å². The maximum absolute atomic E-state index is 10.8. The van der Waals surface area contributed by atoms with E-state index in [2.05, 4.69) is 16.8 Å². The standard InChI is InChI=1S/C13H18N2O2/c1-14-6-8-15(9-7-14)10-11-2-4-12(5-3-11)13(16)17/h2-5H,6-10H2,1H3,(H,16,17)/i4D. The molecule has 4 heteroatoms. The number of hydrogen-bond acceptors (Lipinski definition) is 3. The van der Waals surface area contributed by atoms with E-state index in [9.17, 15) is 4.79 Å². The molecule has 0 saturated carbocycles. The Morgan fingerprint density at radius 1 is 1.35 bits per heavy atom. The summed E-state index contributed by atoms with van der Waals surface area (Å²) in [4.78, 5) is 15.4. The maximum atomic E-state index is 10.8. The van der Waals surface area contributed by atoms with Crippen LogP contribution in [0.5, 0.6) is 0 Å². The number of rotatable bonds is 3. The molecule has 4 nitrogen and oxygen atoms in total. The highest BCUT2D eigenvalue weighted by molar-refractivity contribution is 5.87. The Labute approximate surface area is 103 Å². The Bertz CT molecular complexity index is 443. The van der Waals surface area contributed by atoms with Crippen LogP contribution in [0.1, 0.15) is 17.3 Å². The molecule has 0 unspecified atom stereocenters. The summed E-state index contributed by atoms with van der Waals surface area (Å²) in [7, 11) is 2.11. The zero-order chi connectivity index (χ0) is 13.1. The monoisotopic (exact) mass is 235 g/mol. The molecule has 0 amide bonds. The van der Waals surface area contributed by atoms with Crippen molar-refractivity contribution in [2.45, 2.75) is 6.54 Å². The molecule has 1 aromatic rings. The number of carbonyl (C=O) groups is 1. The van der Waals surface area contributed by atoms with Crippen molar-refractivity contribution in [2.75, 3.05) is 33.2 Å². The minimum Gasteiger partial charge on any atom is -0.478 e. The van der Waals surface area contributed by atoms with Crippen molar-refractivity contribution in [2.24, 2.45) is 0 Å². The Morgan fingerprint density at radius 2 is 2.06 bits per heavy atom. The Kier molecular flexibility index (Phi) is 3.35. The van der Waals surface area contributed by atoms with Gasteiger partial charge in [0.15, 0.2) is 0 Å². The van der Waals surface area contributed by atoms with Crippen molar-refractivity contribution in [1.29, 1.82) is 0 Å². The summed E-state index contributed by atoms with van der Waals surface area (Å²) >= 11 is 0. The highest BCUT2D eigenvalue weighted by Gasteiger charge is 2.13. The van der Waals surface area contributed by atoms with E-state index in [4.69, 9.17) is 6.48 Å². The summed E-state index contributed by atoms with van der Waals surface area (Å²) in [5.41, 5.74) is 1.08. The lowest BCUT2D eigenvalue weighted by Crippen LogP contribution is -2.43. The third-order valence-corrected chi connectivity index (χ3v) is 3.11. The fourth-order valence-electron chi connectivity index (χ4n) is 1.95. The first kappa shape index (κ1) is 10.7. The number of piperazine rings is 1. The first-order valence-corrected chi connectivity index (χ1v) is 5.80. The minimum absolute atomic E-state index is 0.0668. The van der Waals surface area contributed by atoms with Crippen molar-refractivity contribution in [3.63, 3.8) is 0 Å². The van der Waals surface area contributed by atoms with Gasteiger partial charge in [0.1, 0.15) is 0 Å². The van der Waals surface area contributed by atoms with Crippen LogP contribution < -0.4 is 0 Å². The molecule has 0 spiro atoms. The molecule has 1 aromatic carbocycles. The molecule has 1 heterocycles. The van der Waals surface area contributed by atoms with Gasteiger partial charge in [-0.3, -0.25) is 4.90 Å². The van der Waals surface area contributed by atoms with E-state index in [1.54, 1.807) is 12.1 Å². The van der Waals surface area contributed by atoms with Gasteiger partial charge in [0, 0.05) is 32.7 Å². The molecule has 1 N–H and O–H groups in total. The summed E-state index contributed by atoms with van der Waals surface area (Å²) in [6.07, 6.45) is 0. The first-order chi connectivity index (χ1) is 8.56. The lowest BCUT2D eigenvalue weighted by atomic mass is 10.1. The zero-order valence-corrected chi connectivity index (χ0v) is 10.0. The van der Waals surface area contributed by atoms with Crippen molar-refractivity contribution in [1.82, 2.24) is 9.80 Å². The number of likely N-dealkylation sites (N-methyl/N-ethyl adjacent to an activating group) is 1. The van der Waals surface area contributed by atoms with Gasteiger partial charge in [-0.05, 0) is 24.7 Å². The molecule has 0 bridgehead atoms. The van der Waals surface area contributed by atoms with Gasteiger partial charge < -0.3 is 10.0 Å². The molecule has 0 aromatic heterocycles. The smallest absolute Gasteiger partial charge is 0.335 e. The Hall–Kier alpha value is -1.39. The van der Waals surface area contributed by atoms with E-state index >= 15 is 0 Å². The SMILES string of the molecule is [2H]c1cc(CN2CCN(C)CC2)ccc1C(=O)O. The number of aromatic carboxylic acids is 1. The molecule has 1 aliphatic rings. The molecule has 1 fully saturated rings.